The number of hydrogen-bond donors (Lipinski definition) is 0. The molecule has 0 spiro atoms. The highest BCUT2D eigenvalue weighted by Gasteiger charge is 2.32. The van der Waals surface area contributed by atoms with Gasteiger partial charge in [-0.25, -0.2) is 28.5 Å². The van der Waals surface area contributed by atoms with Crippen LogP contribution in [0.15, 0.2) is 42.5 Å². The Balaban J connectivity index is 0.000000280. The molecule has 0 unspecified atom stereocenters. The van der Waals surface area contributed by atoms with Crippen LogP contribution in [-0.4, -0.2) is 110 Å². The quantitative estimate of drug-likeness (QED) is 0.290. The third-order valence-corrected chi connectivity index (χ3v) is 8.38. The summed E-state index contributed by atoms with van der Waals surface area (Å²) in [4.78, 5) is 62.3. The fourth-order valence-electron chi connectivity index (χ4n) is 5.74. The lowest BCUT2D eigenvalue weighted by molar-refractivity contribution is -0.0758. The zero-order valence-corrected chi connectivity index (χ0v) is 31.9. The molecule has 286 valence electrons. The molecular formula is C38H52F2N4O8. The minimum Gasteiger partial charge on any atom is -0.444 e. The molecule has 2 aromatic rings. The van der Waals surface area contributed by atoms with E-state index in [-0.39, 0.29) is 23.1 Å². The van der Waals surface area contributed by atoms with E-state index in [4.69, 9.17) is 19.1 Å². The lowest BCUT2D eigenvalue weighted by atomic mass is 9.86. The molecule has 0 aromatic heterocycles. The van der Waals surface area contributed by atoms with Gasteiger partial charge in [0, 0.05) is 57.0 Å². The van der Waals surface area contributed by atoms with Gasteiger partial charge < -0.3 is 19.3 Å². The van der Waals surface area contributed by atoms with E-state index in [1.807, 2.05) is 20.8 Å². The number of amides is 4. The molecule has 0 radical (unpaired) electrons. The Labute approximate surface area is 305 Å². The largest absolute Gasteiger partial charge is 0.444 e. The van der Waals surface area contributed by atoms with Crippen molar-refractivity contribution in [2.24, 2.45) is 0 Å². The summed E-state index contributed by atoms with van der Waals surface area (Å²) >= 11 is 0. The van der Waals surface area contributed by atoms with Gasteiger partial charge in [-0.05, 0) is 96.6 Å². The summed E-state index contributed by atoms with van der Waals surface area (Å²) in [5.74, 6) is -1.85. The van der Waals surface area contributed by atoms with E-state index < -0.39 is 40.7 Å². The Morgan fingerprint density at radius 1 is 0.712 bits per heavy atom. The van der Waals surface area contributed by atoms with Crippen LogP contribution in [0.1, 0.15) is 98.6 Å². The molecule has 4 amide bonds. The average Bonchev–Trinajstić information content (AvgIpc) is 3.09. The average molecular weight is 731 g/mol. The van der Waals surface area contributed by atoms with Gasteiger partial charge in [0.1, 0.15) is 22.8 Å². The molecule has 0 N–H and O–H groups in total. The molecule has 2 aromatic carbocycles. The molecule has 12 nitrogen and oxygen atoms in total. The van der Waals surface area contributed by atoms with Gasteiger partial charge >= 0.3 is 12.2 Å². The van der Waals surface area contributed by atoms with E-state index >= 15 is 0 Å². The molecular weight excluding hydrogens is 678 g/mol. The lowest BCUT2D eigenvalue weighted by Gasteiger charge is -2.34. The van der Waals surface area contributed by atoms with Crippen LogP contribution in [0.2, 0.25) is 0 Å². The molecule has 0 bridgehead atoms. The van der Waals surface area contributed by atoms with Crippen molar-refractivity contribution in [3.8, 4) is 0 Å². The normalized spacial score (nSPS) is 15.2. The van der Waals surface area contributed by atoms with Crippen LogP contribution in [0.5, 0.6) is 0 Å². The zero-order chi connectivity index (χ0) is 39.0. The molecule has 52 heavy (non-hydrogen) atoms. The smallest absolute Gasteiger partial charge is 0.410 e. The van der Waals surface area contributed by atoms with E-state index in [1.165, 1.54) is 52.6 Å². The van der Waals surface area contributed by atoms with Crippen LogP contribution < -0.4 is 0 Å². The number of ether oxygens (including phenoxy) is 2. The Morgan fingerprint density at radius 2 is 1.19 bits per heavy atom. The van der Waals surface area contributed by atoms with Gasteiger partial charge in [0.2, 0.25) is 0 Å². The van der Waals surface area contributed by atoms with Crippen molar-refractivity contribution in [2.75, 3.05) is 54.5 Å². The Morgan fingerprint density at radius 3 is 1.67 bits per heavy atom. The number of carbonyl (C=O) groups is 4. The topological polar surface area (TPSA) is 118 Å². The number of benzene rings is 2. The molecule has 14 heteroatoms. The third-order valence-electron chi connectivity index (χ3n) is 8.38. The van der Waals surface area contributed by atoms with Crippen molar-refractivity contribution in [1.29, 1.82) is 0 Å². The van der Waals surface area contributed by atoms with Gasteiger partial charge in [0.25, 0.3) is 11.8 Å². The SMILES string of the molecule is CON(C)C(=O)c1cccc(F)c1C1=CCN(C(=O)OC(C)(C)C)CC1.CON(C)C(=O)c1cccc(F)c1C1CCN(C(=O)OC(C)(C)C)CC1. The van der Waals surface area contributed by atoms with Crippen LogP contribution >= 0.6 is 0 Å². The molecule has 2 heterocycles. The van der Waals surface area contributed by atoms with Crippen molar-refractivity contribution in [3.05, 3.63) is 76.4 Å². The van der Waals surface area contributed by atoms with Crippen molar-refractivity contribution >= 4 is 29.6 Å². The number of piperidine rings is 1. The predicted octanol–water partition coefficient (Wildman–Crippen LogP) is 7.06. The second-order valence-electron chi connectivity index (χ2n) is 14.5. The summed E-state index contributed by atoms with van der Waals surface area (Å²) in [6, 6.07) is 8.87. The molecule has 2 aliphatic heterocycles. The van der Waals surface area contributed by atoms with Gasteiger partial charge in [-0.2, -0.15) is 0 Å². The second kappa shape index (κ2) is 17.8. The zero-order valence-electron chi connectivity index (χ0n) is 31.9. The monoisotopic (exact) mass is 730 g/mol. The molecule has 0 aliphatic carbocycles. The highest BCUT2D eigenvalue weighted by molar-refractivity contribution is 5.99. The highest BCUT2D eigenvalue weighted by atomic mass is 19.1. The maximum absolute atomic E-state index is 14.5. The van der Waals surface area contributed by atoms with E-state index in [0.29, 0.717) is 62.1 Å². The molecule has 2 aliphatic rings. The van der Waals surface area contributed by atoms with E-state index in [1.54, 1.807) is 48.8 Å². The molecule has 0 saturated carbocycles. The summed E-state index contributed by atoms with van der Waals surface area (Å²) in [6.45, 7) is 12.5. The van der Waals surface area contributed by atoms with Crippen LogP contribution in [0.4, 0.5) is 18.4 Å². The van der Waals surface area contributed by atoms with Gasteiger partial charge in [-0.15, -0.1) is 0 Å². The fourth-order valence-corrected chi connectivity index (χ4v) is 5.74. The first kappa shape index (κ1) is 41.9. The van der Waals surface area contributed by atoms with E-state index in [9.17, 15) is 28.0 Å². The number of rotatable bonds is 6. The van der Waals surface area contributed by atoms with Gasteiger partial charge in [0.05, 0.1) is 19.8 Å². The van der Waals surface area contributed by atoms with Gasteiger partial charge in [-0.3, -0.25) is 19.3 Å². The number of likely N-dealkylation sites (tertiary alicyclic amines) is 1. The number of halogens is 2. The predicted molar refractivity (Wildman–Crippen MR) is 191 cm³/mol. The lowest BCUT2D eigenvalue weighted by Crippen LogP contribution is -2.41. The Kier molecular flexibility index (Phi) is 14.3. The maximum atomic E-state index is 14.5. The Bertz CT molecular complexity index is 1630. The second-order valence-corrected chi connectivity index (χ2v) is 14.5. The van der Waals surface area contributed by atoms with E-state index in [0.717, 1.165) is 10.1 Å². The first-order chi connectivity index (χ1) is 24.3. The number of hydrogen-bond acceptors (Lipinski definition) is 8. The minimum atomic E-state index is -0.572. The van der Waals surface area contributed by atoms with Gasteiger partial charge in [-0.1, -0.05) is 18.2 Å². The highest BCUT2D eigenvalue weighted by Crippen LogP contribution is 2.34. The summed E-state index contributed by atoms with van der Waals surface area (Å²) in [6.07, 6.45) is 2.55. The molecule has 4 rings (SSSR count). The summed E-state index contributed by atoms with van der Waals surface area (Å²) in [7, 11) is 5.71. The molecule has 1 fully saturated rings. The van der Waals surface area contributed by atoms with Crippen LogP contribution in [0, 0.1) is 11.6 Å². The number of carbonyl (C=O) groups excluding carboxylic acids is 4. The molecule has 0 atom stereocenters. The Hall–Kier alpha value is -4.56. The number of nitrogens with zero attached hydrogens (tertiary/aromatic N) is 4. The summed E-state index contributed by atoms with van der Waals surface area (Å²) in [5.41, 5.74) is 0.739. The minimum absolute atomic E-state index is 0.140. The maximum Gasteiger partial charge on any atom is 0.410 e. The van der Waals surface area contributed by atoms with Crippen molar-refractivity contribution < 1.29 is 47.1 Å². The third kappa shape index (κ3) is 11.2. The summed E-state index contributed by atoms with van der Waals surface area (Å²) in [5, 5.41) is 2.13. The summed E-state index contributed by atoms with van der Waals surface area (Å²) < 4.78 is 39.7. The fraction of sp³-hybridized carbons (Fsp3) is 0.526. The van der Waals surface area contributed by atoms with Crippen molar-refractivity contribution in [2.45, 2.75) is 77.9 Å². The van der Waals surface area contributed by atoms with Crippen LogP contribution in [0.25, 0.3) is 5.57 Å². The first-order valence-electron chi connectivity index (χ1n) is 17.1. The van der Waals surface area contributed by atoms with Crippen molar-refractivity contribution in [1.82, 2.24) is 19.9 Å². The first-order valence-corrected chi connectivity index (χ1v) is 17.1. The van der Waals surface area contributed by atoms with Gasteiger partial charge in [0.15, 0.2) is 0 Å². The van der Waals surface area contributed by atoms with Crippen molar-refractivity contribution in [3.63, 3.8) is 0 Å². The van der Waals surface area contributed by atoms with Crippen LogP contribution in [-0.2, 0) is 19.1 Å². The number of hydroxylamine groups is 4. The standard InChI is InChI=1S/C19H27FN2O4.C19H25FN2O4/c2*1-19(2,3)26-18(24)22-11-9-13(10-12-22)16-14(7-6-8-15(16)20)17(23)21(4)25-5/h6-8,13H,9-12H2,1-5H3;6-9H,10-12H2,1-5H3. The van der Waals surface area contributed by atoms with E-state index in [2.05, 4.69) is 0 Å². The molecule has 1 saturated heterocycles. The van der Waals surface area contributed by atoms with Crippen LogP contribution in [0.3, 0.4) is 0 Å².